The van der Waals surface area contributed by atoms with Crippen molar-refractivity contribution in [2.24, 2.45) is 11.3 Å². The summed E-state index contributed by atoms with van der Waals surface area (Å²) in [5.41, 5.74) is 0.351. The van der Waals surface area contributed by atoms with Crippen LogP contribution in [0.2, 0.25) is 0 Å². The van der Waals surface area contributed by atoms with Crippen molar-refractivity contribution in [2.45, 2.75) is 64.6 Å². The number of rotatable bonds is 3. The Labute approximate surface area is 118 Å². The molecule has 3 unspecified atom stereocenters. The van der Waals surface area contributed by atoms with E-state index in [4.69, 9.17) is 4.74 Å². The Hall–Kier alpha value is -0.120. The molecule has 0 aromatic heterocycles. The van der Waals surface area contributed by atoms with E-state index in [-0.39, 0.29) is 0 Å². The highest BCUT2D eigenvalue weighted by atomic mass is 16.5. The molecule has 0 bridgehead atoms. The normalized spacial score (nSPS) is 37.7. The molecule has 2 heterocycles. The third-order valence-electron chi connectivity index (χ3n) is 5.13. The Bertz CT molecular complexity index is 302. The molecule has 1 N–H and O–H groups in total. The van der Waals surface area contributed by atoms with Gasteiger partial charge < -0.3 is 10.1 Å². The first-order valence-electron chi connectivity index (χ1n) is 8.13. The third kappa shape index (κ3) is 3.32. The topological polar surface area (TPSA) is 24.5 Å². The minimum Gasteiger partial charge on any atom is -0.377 e. The summed E-state index contributed by atoms with van der Waals surface area (Å²) in [4.78, 5) is 2.75. The van der Waals surface area contributed by atoms with Crippen molar-refractivity contribution < 1.29 is 4.74 Å². The van der Waals surface area contributed by atoms with Crippen molar-refractivity contribution in [1.82, 2.24) is 10.2 Å². The number of ether oxygens (including phenoxy) is 1. The van der Waals surface area contributed by atoms with Crippen LogP contribution in [0.4, 0.5) is 0 Å². The van der Waals surface area contributed by atoms with Crippen LogP contribution in [-0.4, -0.2) is 49.3 Å². The van der Waals surface area contributed by atoms with E-state index >= 15 is 0 Å². The minimum absolute atomic E-state index is 0.351. The SMILES string of the molecule is CC(C)(C)C1CN(CC2CCCO2)C(C2CC2)CN1. The first kappa shape index (κ1) is 13.8. The molecule has 0 aromatic carbocycles. The second kappa shape index (κ2) is 5.34. The second-order valence-electron chi connectivity index (χ2n) is 7.82. The molecule has 3 fully saturated rings. The van der Waals surface area contributed by atoms with Crippen molar-refractivity contribution in [3.63, 3.8) is 0 Å². The lowest BCUT2D eigenvalue weighted by molar-refractivity contribution is 0.0190. The van der Waals surface area contributed by atoms with Crippen molar-refractivity contribution >= 4 is 0 Å². The van der Waals surface area contributed by atoms with Crippen LogP contribution in [0.15, 0.2) is 0 Å². The summed E-state index contributed by atoms with van der Waals surface area (Å²) in [5, 5.41) is 3.80. The summed E-state index contributed by atoms with van der Waals surface area (Å²) < 4.78 is 5.86. The van der Waals surface area contributed by atoms with Crippen LogP contribution >= 0.6 is 0 Å². The lowest BCUT2D eigenvalue weighted by atomic mass is 9.84. The van der Waals surface area contributed by atoms with E-state index < -0.39 is 0 Å². The van der Waals surface area contributed by atoms with Gasteiger partial charge in [-0.15, -0.1) is 0 Å². The maximum absolute atomic E-state index is 5.86. The molecule has 110 valence electrons. The zero-order valence-electron chi connectivity index (χ0n) is 12.8. The highest BCUT2D eigenvalue weighted by molar-refractivity contribution is 4.98. The standard InChI is InChI=1S/C16H30N2O/c1-16(2,3)15-11-18(10-13-5-4-8-19-13)14(9-17-15)12-6-7-12/h12-15,17H,4-11H2,1-3H3. The molecule has 3 aliphatic rings. The summed E-state index contributed by atoms with van der Waals surface area (Å²) in [5.74, 6) is 0.954. The van der Waals surface area contributed by atoms with Gasteiger partial charge in [0.1, 0.15) is 0 Å². The Morgan fingerprint density at radius 3 is 2.58 bits per heavy atom. The van der Waals surface area contributed by atoms with E-state index in [2.05, 4.69) is 31.0 Å². The maximum Gasteiger partial charge on any atom is 0.0702 e. The number of nitrogens with zero attached hydrogens (tertiary/aromatic N) is 1. The lowest BCUT2D eigenvalue weighted by Gasteiger charge is -2.46. The second-order valence-corrected chi connectivity index (χ2v) is 7.82. The van der Waals surface area contributed by atoms with E-state index in [1.807, 2.05) is 0 Å². The molecule has 3 heteroatoms. The number of hydrogen-bond acceptors (Lipinski definition) is 3. The van der Waals surface area contributed by atoms with Gasteiger partial charge in [0.25, 0.3) is 0 Å². The quantitative estimate of drug-likeness (QED) is 0.848. The molecule has 1 saturated carbocycles. The van der Waals surface area contributed by atoms with E-state index in [0.717, 1.165) is 25.1 Å². The number of piperazine rings is 1. The largest absolute Gasteiger partial charge is 0.377 e. The molecular formula is C16H30N2O. The van der Waals surface area contributed by atoms with Crippen LogP contribution in [0.5, 0.6) is 0 Å². The van der Waals surface area contributed by atoms with Crippen molar-refractivity contribution in [3.05, 3.63) is 0 Å². The van der Waals surface area contributed by atoms with Crippen LogP contribution < -0.4 is 5.32 Å². The van der Waals surface area contributed by atoms with Gasteiger partial charge in [-0.2, -0.15) is 0 Å². The number of nitrogens with one attached hydrogen (secondary N) is 1. The van der Waals surface area contributed by atoms with E-state index in [9.17, 15) is 0 Å². The van der Waals surface area contributed by atoms with Gasteiger partial charge in [0.05, 0.1) is 6.10 Å². The van der Waals surface area contributed by atoms with Gasteiger partial charge in [-0.1, -0.05) is 20.8 Å². The van der Waals surface area contributed by atoms with E-state index in [1.54, 1.807) is 0 Å². The third-order valence-corrected chi connectivity index (χ3v) is 5.13. The van der Waals surface area contributed by atoms with Gasteiger partial charge >= 0.3 is 0 Å². The summed E-state index contributed by atoms with van der Waals surface area (Å²) >= 11 is 0. The fraction of sp³-hybridized carbons (Fsp3) is 1.00. The first-order valence-corrected chi connectivity index (χ1v) is 8.13. The average molecular weight is 266 g/mol. The van der Waals surface area contributed by atoms with Gasteiger partial charge in [0.15, 0.2) is 0 Å². The predicted octanol–water partition coefficient (Wildman–Crippen LogP) is 2.26. The number of hydrogen-bond donors (Lipinski definition) is 1. The molecule has 3 atom stereocenters. The minimum atomic E-state index is 0.351. The molecule has 3 nitrogen and oxygen atoms in total. The summed E-state index contributed by atoms with van der Waals surface area (Å²) in [7, 11) is 0. The predicted molar refractivity (Wildman–Crippen MR) is 78.3 cm³/mol. The molecule has 0 radical (unpaired) electrons. The fourth-order valence-corrected chi connectivity index (χ4v) is 3.61. The molecule has 2 aliphatic heterocycles. The molecule has 2 saturated heterocycles. The fourth-order valence-electron chi connectivity index (χ4n) is 3.61. The van der Waals surface area contributed by atoms with Crippen LogP contribution in [0.25, 0.3) is 0 Å². The Morgan fingerprint density at radius 1 is 1.21 bits per heavy atom. The Balaban J connectivity index is 1.63. The Kier molecular flexibility index (Phi) is 3.89. The van der Waals surface area contributed by atoms with E-state index in [0.29, 0.717) is 17.6 Å². The monoisotopic (exact) mass is 266 g/mol. The molecule has 3 rings (SSSR count). The molecule has 0 spiro atoms. The average Bonchev–Trinajstić information content (AvgIpc) is 3.07. The van der Waals surface area contributed by atoms with Gasteiger partial charge in [-0.05, 0) is 37.0 Å². The van der Waals surface area contributed by atoms with Crippen molar-refractivity contribution in [2.75, 3.05) is 26.2 Å². The lowest BCUT2D eigenvalue weighted by Crippen LogP contribution is -2.62. The molecule has 1 aliphatic carbocycles. The smallest absolute Gasteiger partial charge is 0.0702 e. The maximum atomic E-state index is 5.86. The van der Waals surface area contributed by atoms with Gasteiger partial charge in [0, 0.05) is 38.3 Å². The summed E-state index contributed by atoms with van der Waals surface area (Å²) in [6.07, 6.45) is 5.90. The molecule has 0 amide bonds. The molecule has 19 heavy (non-hydrogen) atoms. The van der Waals surface area contributed by atoms with Gasteiger partial charge in [-0.25, -0.2) is 0 Å². The Morgan fingerprint density at radius 2 is 2.00 bits per heavy atom. The van der Waals surface area contributed by atoms with Crippen LogP contribution in [0.1, 0.15) is 46.5 Å². The summed E-state index contributed by atoms with van der Waals surface area (Å²) in [6, 6.07) is 1.38. The molecule has 0 aromatic rings. The summed E-state index contributed by atoms with van der Waals surface area (Å²) in [6.45, 7) is 11.6. The zero-order valence-corrected chi connectivity index (χ0v) is 12.8. The van der Waals surface area contributed by atoms with Crippen molar-refractivity contribution in [3.8, 4) is 0 Å². The highest BCUT2D eigenvalue weighted by Crippen LogP contribution is 2.38. The van der Waals surface area contributed by atoms with Crippen LogP contribution in [-0.2, 0) is 4.74 Å². The first-order chi connectivity index (χ1) is 9.04. The zero-order chi connectivity index (χ0) is 13.5. The highest BCUT2D eigenvalue weighted by Gasteiger charge is 2.41. The van der Waals surface area contributed by atoms with Crippen molar-refractivity contribution in [1.29, 1.82) is 0 Å². The van der Waals surface area contributed by atoms with E-state index in [1.165, 1.54) is 38.8 Å². The van der Waals surface area contributed by atoms with Gasteiger partial charge in [0.2, 0.25) is 0 Å². The molecular weight excluding hydrogens is 236 g/mol. The van der Waals surface area contributed by atoms with Crippen LogP contribution in [0, 0.1) is 11.3 Å². The van der Waals surface area contributed by atoms with Crippen LogP contribution in [0.3, 0.4) is 0 Å². The van der Waals surface area contributed by atoms with Gasteiger partial charge in [-0.3, -0.25) is 4.90 Å².